The van der Waals surface area contributed by atoms with Gasteiger partial charge in [-0.05, 0) is 36.4 Å². The first-order valence-corrected chi connectivity index (χ1v) is 5.56. The fraction of sp³-hybridized carbons (Fsp3) is 0.200. The minimum Gasteiger partial charge on any atom is -0.324 e. The van der Waals surface area contributed by atoms with Crippen LogP contribution in [0.1, 0.15) is 18.5 Å². The summed E-state index contributed by atoms with van der Waals surface area (Å²) >= 11 is 1.20. The van der Waals surface area contributed by atoms with E-state index in [2.05, 4.69) is 15.2 Å². The monoisotopic (exact) mass is 238 g/mol. The van der Waals surface area contributed by atoms with Gasteiger partial charge in [-0.3, -0.25) is 5.10 Å². The lowest BCUT2D eigenvalue weighted by molar-refractivity contribution is 0.596. The number of nitrogens with zero attached hydrogens (tertiary/aromatic N) is 2. The molecule has 84 valence electrons. The van der Waals surface area contributed by atoms with Gasteiger partial charge in [-0.25, -0.2) is 9.37 Å². The van der Waals surface area contributed by atoms with Crippen molar-refractivity contribution in [2.45, 2.75) is 23.0 Å². The fourth-order valence-electron chi connectivity index (χ4n) is 1.23. The molecule has 1 atom stereocenters. The normalized spacial score (nSPS) is 12.7. The third kappa shape index (κ3) is 2.40. The maximum absolute atomic E-state index is 13.7. The number of nitrogens with one attached hydrogen (secondary N) is 1. The molecule has 0 saturated heterocycles. The van der Waals surface area contributed by atoms with Crippen LogP contribution in [0.4, 0.5) is 4.39 Å². The first-order valence-electron chi connectivity index (χ1n) is 4.75. The van der Waals surface area contributed by atoms with Gasteiger partial charge in [-0.2, -0.15) is 5.10 Å². The molecule has 4 nitrogen and oxygen atoms in total. The van der Waals surface area contributed by atoms with Gasteiger partial charge in [0.05, 0.1) is 4.90 Å². The number of rotatable bonds is 3. The van der Waals surface area contributed by atoms with E-state index in [9.17, 15) is 4.39 Å². The summed E-state index contributed by atoms with van der Waals surface area (Å²) in [6.07, 6.45) is 1.39. The molecule has 1 unspecified atom stereocenters. The molecule has 1 aromatic heterocycles. The van der Waals surface area contributed by atoms with Crippen molar-refractivity contribution in [1.29, 1.82) is 0 Å². The smallest absolute Gasteiger partial charge is 0.188 e. The van der Waals surface area contributed by atoms with Crippen molar-refractivity contribution in [2.24, 2.45) is 5.73 Å². The number of nitrogens with two attached hydrogens (primary N) is 1. The predicted octanol–water partition coefficient (Wildman–Crippen LogP) is 2.11. The van der Waals surface area contributed by atoms with Gasteiger partial charge < -0.3 is 5.73 Å². The van der Waals surface area contributed by atoms with Gasteiger partial charge in [0.25, 0.3) is 0 Å². The Bertz CT molecular complexity index is 470. The largest absolute Gasteiger partial charge is 0.324 e. The van der Waals surface area contributed by atoms with Crippen LogP contribution in [-0.2, 0) is 0 Å². The molecule has 1 aromatic carbocycles. The van der Waals surface area contributed by atoms with Gasteiger partial charge >= 0.3 is 0 Å². The van der Waals surface area contributed by atoms with Crippen molar-refractivity contribution < 1.29 is 4.39 Å². The van der Waals surface area contributed by atoms with Crippen LogP contribution in [0.3, 0.4) is 0 Å². The molecule has 0 aliphatic heterocycles. The van der Waals surface area contributed by atoms with Crippen LogP contribution in [0.15, 0.2) is 34.6 Å². The molecule has 0 spiro atoms. The van der Waals surface area contributed by atoms with Crippen molar-refractivity contribution in [2.75, 3.05) is 0 Å². The summed E-state index contributed by atoms with van der Waals surface area (Å²) in [5, 5.41) is 6.92. The standard InChI is InChI=1S/C10H11FN4S/c1-6(12)7-2-3-9(8(11)4-7)16-10-13-5-14-15-10/h2-6H,12H2,1H3,(H,13,14,15). The first kappa shape index (κ1) is 11.1. The lowest BCUT2D eigenvalue weighted by atomic mass is 10.1. The summed E-state index contributed by atoms with van der Waals surface area (Å²) in [4.78, 5) is 4.42. The van der Waals surface area contributed by atoms with E-state index in [1.165, 1.54) is 24.2 Å². The van der Waals surface area contributed by atoms with Crippen LogP contribution < -0.4 is 5.73 Å². The molecular weight excluding hydrogens is 227 g/mol. The summed E-state index contributed by atoms with van der Waals surface area (Å²) in [5.74, 6) is -0.295. The van der Waals surface area contributed by atoms with E-state index in [0.29, 0.717) is 10.1 Å². The Hall–Kier alpha value is -1.40. The highest BCUT2D eigenvalue weighted by molar-refractivity contribution is 7.99. The molecule has 1 heterocycles. The lowest BCUT2D eigenvalue weighted by Crippen LogP contribution is -2.05. The van der Waals surface area contributed by atoms with E-state index in [0.717, 1.165) is 5.56 Å². The molecule has 6 heteroatoms. The van der Waals surface area contributed by atoms with Crippen LogP contribution >= 0.6 is 11.8 Å². The van der Waals surface area contributed by atoms with E-state index >= 15 is 0 Å². The SMILES string of the molecule is CC(N)c1ccc(Sc2ncn[nH]2)c(F)c1. The lowest BCUT2D eigenvalue weighted by Gasteiger charge is -2.07. The highest BCUT2D eigenvalue weighted by Crippen LogP contribution is 2.28. The second-order valence-electron chi connectivity index (χ2n) is 3.37. The summed E-state index contributed by atoms with van der Waals surface area (Å²) in [6.45, 7) is 1.82. The average molecular weight is 238 g/mol. The number of aromatic amines is 1. The fourth-order valence-corrected chi connectivity index (χ4v) is 1.93. The molecular formula is C10H11FN4S. The molecule has 2 aromatic rings. The van der Waals surface area contributed by atoms with E-state index < -0.39 is 0 Å². The summed E-state index contributed by atoms with van der Waals surface area (Å²) in [7, 11) is 0. The van der Waals surface area contributed by atoms with E-state index in [1.807, 2.05) is 13.0 Å². The number of halogens is 1. The molecule has 2 rings (SSSR count). The Morgan fingerprint density at radius 1 is 1.50 bits per heavy atom. The predicted molar refractivity (Wildman–Crippen MR) is 59.5 cm³/mol. The number of hydrogen-bond acceptors (Lipinski definition) is 4. The molecule has 0 amide bonds. The van der Waals surface area contributed by atoms with Crippen molar-refractivity contribution in [3.8, 4) is 0 Å². The quantitative estimate of drug-likeness (QED) is 0.859. The van der Waals surface area contributed by atoms with Crippen molar-refractivity contribution in [3.05, 3.63) is 35.9 Å². The zero-order valence-electron chi connectivity index (χ0n) is 8.64. The van der Waals surface area contributed by atoms with Gasteiger partial charge in [-0.1, -0.05) is 6.07 Å². The molecule has 0 radical (unpaired) electrons. The minimum absolute atomic E-state index is 0.168. The Morgan fingerprint density at radius 3 is 2.88 bits per heavy atom. The minimum atomic E-state index is -0.295. The number of aromatic nitrogens is 3. The highest BCUT2D eigenvalue weighted by Gasteiger charge is 2.08. The second-order valence-corrected chi connectivity index (χ2v) is 4.40. The first-order chi connectivity index (χ1) is 7.66. The van der Waals surface area contributed by atoms with Gasteiger partial charge in [0.15, 0.2) is 5.16 Å². The van der Waals surface area contributed by atoms with Crippen LogP contribution in [0.2, 0.25) is 0 Å². The van der Waals surface area contributed by atoms with Gasteiger partial charge in [0.2, 0.25) is 0 Å². The van der Waals surface area contributed by atoms with Gasteiger partial charge in [0.1, 0.15) is 12.1 Å². The van der Waals surface area contributed by atoms with Gasteiger partial charge in [-0.15, -0.1) is 0 Å². The molecule has 16 heavy (non-hydrogen) atoms. The molecule has 0 saturated carbocycles. The summed E-state index contributed by atoms with van der Waals surface area (Å²) in [5.41, 5.74) is 6.44. The second kappa shape index (κ2) is 4.63. The Labute approximate surface area is 96.5 Å². The number of benzene rings is 1. The molecule has 0 bridgehead atoms. The third-order valence-corrected chi connectivity index (χ3v) is 3.02. The summed E-state index contributed by atoms with van der Waals surface area (Å²) in [6, 6.07) is 4.79. The maximum atomic E-state index is 13.7. The van der Waals surface area contributed by atoms with Crippen molar-refractivity contribution in [3.63, 3.8) is 0 Å². The summed E-state index contributed by atoms with van der Waals surface area (Å²) < 4.78 is 13.7. The van der Waals surface area contributed by atoms with Crippen molar-refractivity contribution >= 4 is 11.8 Å². The Balaban J connectivity index is 2.23. The Morgan fingerprint density at radius 2 is 2.31 bits per heavy atom. The maximum Gasteiger partial charge on any atom is 0.188 e. The van der Waals surface area contributed by atoms with Crippen LogP contribution in [0, 0.1) is 5.82 Å². The van der Waals surface area contributed by atoms with Crippen molar-refractivity contribution in [1.82, 2.24) is 15.2 Å². The molecule has 0 aliphatic carbocycles. The van der Waals surface area contributed by atoms with E-state index in [-0.39, 0.29) is 11.9 Å². The van der Waals surface area contributed by atoms with E-state index in [1.54, 1.807) is 6.07 Å². The molecule has 3 N–H and O–H groups in total. The zero-order valence-corrected chi connectivity index (χ0v) is 9.46. The van der Waals surface area contributed by atoms with Crippen LogP contribution in [-0.4, -0.2) is 15.2 Å². The number of H-pyrrole nitrogens is 1. The average Bonchev–Trinajstić information content (AvgIpc) is 2.73. The van der Waals surface area contributed by atoms with E-state index in [4.69, 9.17) is 5.73 Å². The molecule has 0 aliphatic rings. The molecule has 0 fully saturated rings. The highest BCUT2D eigenvalue weighted by atomic mass is 32.2. The van der Waals surface area contributed by atoms with Crippen LogP contribution in [0.25, 0.3) is 0 Å². The number of hydrogen-bond donors (Lipinski definition) is 2. The third-order valence-electron chi connectivity index (χ3n) is 2.08. The topological polar surface area (TPSA) is 67.6 Å². The van der Waals surface area contributed by atoms with Gasteiger partial charge in [0, 0.05) is 6.04 Å². The Kier molecular flexibility index (Phi) is 3.21. The van der Waals surface area contributed by atoms with Crippen LogP contribution in [0.5, 0.6) is 0 Å². The zero-order chi connectivity index (χ0) is 11.5.